The fourth-order valence-electron chi connectivity index (χ4n) is 4.05. The highest BCUT2D eigenvalue weighted by atomic mass is 127. The molecule has 2 aliphatic heterocycles. The number of nitrogens with one attached hydrogen (secondary N) is 1. The first-order valence-electron chi connectivity index (χ1n) is 11.6. The van der Waals surface area contributed by atoms with E-state index in [9.17, 15) is 9.59 Å². The number of hydrogen-bond acceptors (Lipinski definition) is 5. The Morgan fingerprint density at radius 2 is 1.85 bits per heavy atom. The first kappa shape index (κ1) is 27.3. The summed E-state index contributed by atoms with van der Waals surface area (Å²) in [7, 11) is 0. The lowest BCUT2D eigenvalue weighted by atomic mass is 10.0. The van der Waals surface area contributed by atoms with Crippen LogP contribution < -0.4 is 5.32 Å². The summed E-state index contributed by atoms with van der Waals surface area (Å²) in [5, 5.41) is 3.37. The largest absolute Gasteiger partial charge is 0.459 e. The lowest BCUT2D eigenvalue weighted by Crippen LogP contribution is -2.54. The summed E-state index contributed by atoms with van der Waals surface area (Å²) in [5.74, 6) is 1.12. The zero-order valence-electron chi connectivity index (χ0n) is 20.2. The molecule has 0 aromatic carbocycles. The Morgan fingerprint density at radius 3 is 2.45 bits per heavy atom. The summed E-state index contributed by atoms with van der Waals surface area (Å²) >= 11 is 0. The Bertz CT molecular complexity index is 785. The van der Waals surface area contributed by atoms with E-state index in [1.54, 1.807) is 12.1 Å². The minimum Gasteiger partial charge on any atom is -0.459 e. The number of piperazine rings is 1. The fraction of sp³-hybridized carbons (Fsp3) is 0.696. The molecule has 0 radical (unpaired) electrons. The summed E-state index contributed by atoms with van der Waals surface area (Å²) in [6.07, 6.45) is 4.26. The number of piperidine rings is 1. The summed E-state index contributed by atoms with van der Waals surface area (Å²) in [5.41, 5.74) is -0.510. The topological polar surface area (TPSA) is 90.6 Å². The van der Waals surface area contributed by atoms with Crippen molar-refractivity contribution in [2.45, 2.75) is 58.6 Å². The third-order valence-electron chi connectivity index (χ3n) is 5.64. The van der Waals surface area contributed by atoms with Gasteiger partial charge in [0.15, 0.2) is 11.7 Å². The van der Waals surface area contributed by atoms with Crippen molar-refractivity contribution in [2.75, 3.05) is 45.8 Å². The maximum Gasteiger partial charge on any atom is 0.410 e. The van der Waals surface area contributed by atoms with E-state index in [-0.39, 0.29) is 42.0 Å². The highest BCUT2D eigenvalue weighted by Gasteiger charge is 2.31. The van der Waals surface area contributed by atoms with E-state index < -0.39 is 5.60 Å². The van der Waals surface area contributed by atoms with Crippen molar-refractivity contribution in [3.8, 4) is 0 Å². The Balaban J connectivity index is 0.00000385. The number of amides is 2. The van der Waals surface area contributed by atoms with E-state index in [0.29, 0.717) is 45.0 Å². The zero-order valence-corrected chi connectivity index (χ0v) is 22.5. The van der Waals surface area contributed by atoms with Crippen molar-refractivity contribution in [2.24, 2.45) is 4.99 Å². The second-order valence-corrected chi connectivity index (χ2v) is 9.27. The summed E-state index contributed by atoms with van der Waals surface area (Å²) in [6.45, 7) is 12.3. The molecule has 1 aromatic heterocycles. The molecule has 0 aliphatic carbocycles. The molecule has 1 atom stereocenters. The van der Waals surface area contributed by atoms with Crippen LogP contribution >= 0.6 is 24.0 Å². The van der Waals surface area contributed by atoms with E-state index in [2.05, 4.69) is 10.2 Å². The second kappa shape index (κ2) is 12.5. The van der Waals surface area contributed by atoms with Crippen molar-refractivity contribution in [3.63, 3.8) is 0 Å². The minimum atomic E-state index is -0.510. The Morgan fingerprint density at radius 1 is 1.15 bits per heavy atom. The van der Waals surface area contributed by atoms with Crippen molar-refractivity contribution in [1.29, 1.82) is 0 Å². The molecule has 1 unspecified atom stereocenters. The van der Waals surface area contributed by atoms with Crippen LogP contribution in [-0.2, 0) is 4.74 Å². The Kier molecular flexibility index (Phi) is 10.3. The maximum absolute atomic E-state index is 12.7. The number of aliphatic imine (C=N–C) groups is 1. The molecule has 1 N–H and O–H groups in total. The van der Waals surface area contributed by atoms with Crippen LogP contribution in [0.4, 0.5) is 4.79 Å². The lowest BCUT2D eigenvalue weighted by Gasteiger charge is -2.38. The second-order valence-electron chi connectivity index (χ2n) is 9.27. The van der Waals surface area contributed by atoms with Gasteiger partial charge in [0, 0.05) is 39.3 Å². The van der Waals surface area contributed by atoms with Gasteiger partial charge in [-0.15, -0.1) is 24.0 Å². The van der Waals surface area contributed by atoms with Gasteiger partial charge in [0.05, 0.1) is 18.8 Å². The van der Waals surface area contributed by atoms with Gasteiger partial charge in [-0.05, 0) is 59.1 Å². The average molecular weight is 575 g/mol. The molecule has 10 heteroatoms. The molecule has 2 fully saturated rings. The van der Waals surface area contributed by atoms with Crippen LogP contribution in [0.15, 0.2) is 27.8 Å². The van der Waals surface area contributed by atoms with Gasteiger partial charge in [-0.3, -0.25) is 9.79 Å². The highest BCUT2D eigenvalue weighted by Crippen LogP contribution is 2.21. The molecule has 3 heterocycles. The highest BCUT2D eigenvalue weighted by molar-refractivity contribution is 14.0. The van der Waals surface area contributed by atoms with Crippen molar-refractivity contribution in [1.82, 2.24) is 20.0 Å². The Labute approximate surface area is 213 Å². The molecule has 0 bridgehead atoms. The van der Waals surface area contributed by atoms with E-state index in [1.165, 1.54) is 6.26 Å². The molecule has 9 nitrogen and oxygen atoms in total. The average Bonchev–Trinajstić information content (AvgIpc) is 3.30. The standard InChI is InChI=1S/C23H37N5O4.HI/c1-5-24-21(27-14-12-26(13-15-27)20(29)19-10-8-16-31-19)25-17-18-9-6-7-11-28(18)22(30)32-23(2,3)4;/h8,10,16,18H,5-7,9,11-15,17H2,1-4H3,(H,24,25);1H. The number of carbonyl (C=O) groups is 2. The van der Waals surface area contributed by atoms with E-state index >= 15 is 0 Å². The smallest absolute Gasteiger partial charge is 0.410 e. The molecule has 2 amide bonds. The number of nitrogens with zero attached hydrogens (tertiary/aromatic N) is 4. The lowest BCUT2D eigenvalue weighted by molar-refractivity contribution is 0.0109. The molecule has 2 saturated heterocycles. The maximum atomic E-state index is 12.7. The number of hydrogen-bond donors (Lipinski definition) is 1. The van der Waals surface area contributed by atoms with Crippen LogP contribution in [0.3, 0.4) is 0 Å². The number of halogens is 1. The normalized spacial score (nSPS) is 19.7. The van der Waals surface area contributed by atoms with Crippen LogP contribution in [0.25, 0.3) is 0 Å². The number of carbonyl (C=O) groups excluding carboxylic acids is 2. The molecule has 33 heavy (non-hydrogen) atoms. The zero-order chi connectivity index (χ0) is 23.1. The predicted molar refractivity (Wildman–Crippen MR) is 138 cm³/mol. The van der Waals surface area contributed by atoms with E-state index in [0.717, 1.165) is 31.8 Å². The van der Waals surface area contributed by atoms with E-state index in [4.69, 9.17) is 14.1 Å². The van der Waals surface area contributed by atoms with E-state index in [1.807, 2.05) is 37.5 Å². The number of guanidine groups is 1. The first-order valence-corrected chi connectivity index (χ1v) is 11.6. The molecular weight excluding hydrogens is 537 g/mol. The van der Waals surface area contributed by atoms with Gasteiger partial charge in [-0.25, -0.2) is 4.79 Å². The van der Waals surface area contributed by atoms with Crippen molar-refractivity contribution >= 4 is 41.9 Å². The fourth-order valence-corrected chi connectivity index (χ4v) is 4.05. The Hall–Kier alpha value is -1.98. The summed E-state index contributed by atoms with van der Waals surface area (Å²) < 4.78 is 10.9. The third kappa shape index (κ3) is 7.79. The van der Waals surface area contributed by atoms with Gasteiger partial charge in [0.25, 0.3) is 5.91 Å². The number of rotatable bonds is 4. The predicted octanol–water partition coefficient (Wildman–Crippen LogP) is 3.41. The van der Waals surface area contributed by atoms with Gasteiger partial charge >= 0.3 is 6.09 Å². The molecule has 1 aromatic rings. The van der Waals surface area contributed by atoms with Gasteiger partial charge in [-0.1, -0.05) is 0 Å². The molecule has 2 aliphatic rings. The van der Waals surface area contributed by atoms with Crippen LogP contribution in [0.2, 0.25) is 0 Å². The number of furan rings is 1. The van der Waals surface area contributed by atoms with Crippen LogP contribution in [-0.4, -0.2) is 90.1 Å². The molecule has 0 saturated carbocycles. The van der Waals surface area contributed by atoms with Crippen LogP contribution in [0.1, 0.15) is 57.5 Å². The third-order valence-corrected chi connectivity index (χ3v) is 5.64. The number of ether oxygens (including phenoxy) is 1. The first-order chi connectivity index (χ1) is 15.3. The number of likely N-dealkylation sites (tertiary alicyclic amines) is 1. The van der Waals surface area contributed by atoms with Crippen LogP contribution in [0, 0.1) is 0 Å². The molecule has 186 valence electrons. The molecule has 0 spiro atoms. The van der Waals surface area contributed by atoms with Gasteiger partial charge in [-0.2, -0.15) is 0 Å². The summed E-state index contributed by atoms with van der Waals surface area (Å²) in [4.78, 5) is 35.9. The van der Waals surface area contributed by atoms with Gasteiger partial charge in [0.2, 0.25) is 0 Å². The molecule has 3 rings (SSSR count). The monoisotopic (exact) mass is 575 g/mol. The van der Waals surface area contributed by atoms with Crippen molar-refractivity contribution < 1.29 is 18.7 Å². The van der Waals surface area contributed by atoms with Crippen molar-refractivity contribution in [3.05, 3.63) is 24.2 Å². The minimum absolute atomic E-state index is 0. The van der Waals surface area contributed by atoms with Crippen LogP contribution in [0.5, 0.6) is 0 Å². The van der Waals surface area contributed by atoms with Gasteiger partial charge < -0.3 is 29.2 Å². The SMILES string of the molecule is CCNC(=NCC1CCCCN1C(=O)OC(C)(C)C)N1CCN(C(=O)c2ccco2)CC1.I. The van der Waals surface area contributed by atoms with Gasteiger partial charge in [0.1, 0.15) is 5.60 Å². The quantitative estimate of drug-likeness (QED) is 0.336. The summed E-state index contributed by atoms with van der Waals surface area (Å²) in [6, 6.07) is 3.46. The molecular formula is C23H38IN5O4.